The molecule has 200 valence electrons. The third-order valence-corrected chi connectivity index (χ3v) is 6.70. The molecule has 0 saturated heterocycles. The molecule has 0 radical (unpaired) electrons. The summed E-state index contributed by atoms with van der Waals surface area (Å²) in [4.78, 5) is 52.5. The molecule has 0 saturated carbocycles. The van der Waals surface area contributed by atoms with E-state index in [0.717, 1.165) is 38.5 Å². The minimum Gasteiger partial charge on any atom is -0.349 e. The molecular weight excluding hydrogens is 442 g/mol. The topological polar surface area (TPSA) is 95.6 Å². The molecule has 0 aromatic heterocycles. The summed E-state index contributed by atoms with van der Waals surface area (Å²) in [6.45, 7) is 6.21. The number of hydrogen-bond acceptors (Lipinski definition) is 4. The fourth-order valence-electron chi connectivity index (χ4n) is 4.66. The Bertz CT molecular complexity index is 690. The maximum absolute atomic E-state index is 13.2. The van der Waals surface area contributed by atoms with Crippen molar-refractivity contribution in [3.63, 3.8) is 0 Å². The van der Waals surface area contributed by atoms with Crippen molar-refractivity contribution in [2.24, 2.45) is 17.8 Å². The van der Waals surface area contributed by atoms with Crippen molar-refractivity contribution >= 4 is 24.0 Å². The second-order valence-corrected chi connectivity index (χ2v) is 10.6. The van der Waals surface area contributed by atoms with Gasteiger partial charge in [-0.25, -0.2) is 0 Å². The first-order chi connectivity index (χ1) is 16.7. The second-order valence-electron chi connectivity index (χ2n) is 10.6. The molecule has 0 fully saturated rings. The van der Waals surface area contributed by atoms with Crippen LogP contribution in [0.2, 0.25) is 0 Å². The van der Waals surface area contributed by atoms with Crippen LogP contribution >= 0.6 is 0 Å². The summed E-state index contributed by atoms with van der Waals surface area (Å²) in [5.41, 5.74) is 0. The van der Waals surface area contributed by atoms with Gasteiger partial charge in [-0.2, -0.15) is 0 Å². The molecule has 35 heavy (non-hydrogen) atoms. The molecule has 1 aliphatic rings. The second kappa shape index (κ2) is 17.3. The van der Waals surface area contributed by atoms with Gasteiger partial charge >= 0.3 is 0 Å². The van der Waals surface area contributed by atoms with Gasteiger partial charge in [-0.1, -0.05) is 65.0 Å². The number of unbranched alkanes of at least 4 members (excludes halogenated alkanes) is 4. The molecule has 0 aliphatic carbocycles. The lowest BCUT2D eigenvalue weighted by atomic mass is 9.93. The summed E-state index contributed by atoms with van der Waals surface area (Å²) in [6.07, 6.45) is 15.1. The summed E-state index contributed by atoms with van der Waals surface area (Å²) in [5.74, 6) is -0.799. The van der Waals surface area contributed by atoms with E-state index in [4.69, 9.17) is 0 Å². The first kappa shape index (κ1) is 30.9. The van der Waals surface area contributed by atoms with E-state index >= 15 is 0 Å². The molecule has 0 aromatic rings. The summed E-state index contributed by atoms with van der Waals surface area (Å²) in [7, 11) is 3.40. The van der Waals surface area contributed by atoms with Crippen LogP contribution in [-0.2, 0) is 19.2 Å². The van der Waals surface area contributed by atoms with E-state index in [1.807, 2.05) is 19.9 Å². The lowest BCUT2D eigenvalue weighted by Crippen LogP contribution is -2.52. The van der Waals surface area contributed by atoms with Gasteiger partial charge in [0, 0.05) is 25.9 Å². The van der Waals surface area contributed by atoms with Gasteiger partial charge in [-0.15, -0.1) is 0 Å². The van der Waals surface area contributed by atoms with Crippen LogP contribution in [0.25, 0.3) is 0 Å². The van der Waals surface area contributed by atoms with Crippen LogP contribution in [0.5, 0.6) is 0 Å². The maximum atomic E-state index is 13.2. The van der Waals surface area contributed by atoms with E-state index in [0.29, 0.717) is 19.1 Å². The predicted molar refractivity (Wildman–Crippen MR) is 141 cm³/mol. The van der Waals surface area contributed by atoms with Crippen LogP contribution in [0.15, 0.2) is 12.2 Å². The average Bonchev–Trinajstić information content (AvgIpc) is 2.81. The SMILES string of the molecule is CCCCCCCC1CCC/C=C/CC(C(=O)N(C)C)C[C@@H](C=O)NC(=O)[C@H](CC(C)C)NC1=O. The van der Waals surface area contributed by atoms with Gasteiger partial charge in [0.15, 0.2) is 0 Å². The van der Waals surface area contributed by atoms with E-state index in [-0.39, 0.29) is 36.0 Å². The van der Waals surface area contributed by atoms with E-state index in [2.05, 4.69) is 23.6 Å². The number of aldehydes is 1. The average molecular weight is 492 g/mol. The zero-order valence-corrected chi connectivity index (χ0v) is 22.7. The minimum absolute atomic E-state index is 0.0600. The van der Waals surface area contributed by atoms with Crippen molar-refractivity contribution < 1.29 is 19.2 Å². The smallest absolute Gasteiger partial charge is 0.243 e. The zero-order chi connectivity index (χ0) is 26.2. The molecule has 7 heteroatoms. The minimum atomic E-state index is -0.782. The number of nitrogens with zero attached hydrogens (tertiary/aromatic N) is 1. The molecule has 2 unspecified atom stereocenters. The van der Waals surface area contributed by atoms with E-state index in [9.17, 15) is 19.2 Å². The van der Waals surface area contributed by atoms with Gasteiger partial charge in [0.1, 0.15) is 12.3 Å². The summed E-state index contributed by atoms with van der Waals surface area (Å²) < 4.78 is 0. The number of rotatable bonds is 10. The Morgan fingerprint density at radius 1 is 1.09 bits per heavy atom. The highest BCUT2D eigenvalue weighted by Gasteiger charge is 2.29. The number of allylic oxidation sites excluding steroid dienone is 2. The molecule has 1 rings (SSSR count). The normalized spacial score (nSPS) is 25.7. The summed E-state index contributed by atoms with van der Waals surface area (Å²) >= 11 is 0. The van der Waals surface area contributed by atoms with Gasteiger partial charge in [-0.05, 0) is 50.9 Å². The highest BCUT2D eigenvalue weighted by molar-refractivity contribution is 5.90. The van der Waals surface area contributed by atoms with Gasteiger partial charge < -0.3 is 20.3 Å². The Labute approximate surface area is 212 Å². The molecular formula is C28H49N3O4. The maximum Gasteiger partial charge on any atom is 0.243 e. The van der Waals surface area contributed by atoms with Crippen LogP contribution in [0.3, 0.4) is 0 Å². The number of hydrogen-bond donors (Lipinski definition) is 2. The Balaban J connectivity index is 3.08. The summed E-state index contributed by atoms with van der Waals surface area (Å²) in [5, 5.41) is 5.81. The highest BCUT2D eigenvalue weighted by Crippen LogP contribution is 2.21. The lowest BCUT2D eigenvalue weighted by molar-refractivity contribution is -0.134. The third kappa shape index (κ3) is 12.4. The highest BCUT2D eigenvalue weighted by atomic mass is 16.2. The van der Waals surface area contributed by atoms with Gasteiger partial charge in [0.2, 0.25) is 17.7 Å². The van der Waals surface area contributed by atoms with Crippen LogP contribution in [0.4, 0.5) is 0 Å². The summed E-state index contributed by atoms with van der Waals surface area (Å²) in [6, 6.07) is -1.48. The van der Waals surface area contributed by atoms with Crippen molar-refractivity contribution in [1.29, 1.82) is 0 Å². The van der Waals surface area contributed by atoms with Crippen molar-refractivity contribution in [2.45, 2.75) is 110 Å². The quantitative estimate of drug-likeness (QED) is 0.269. The van der Waals surface area contributed by atoms with Gasteiger partial charge in [0.25, 0.3) is 0 Å². The molecule has 1 heterocycles. The lowest BCUT2D eigenvalue weighted by Gasteiger charge is -2.26. The number of carbonyl (C=O) groups is 4. The Kier molecular flexibility index (Phi) is 15.2. The third-order valence-electron chi connectivity index (χ3n) is 6.70. The van der Waals surface area contributed by atoms with Crippen LogP contribution in [0.1, 0.15) is 97.8 Å². The van der Waals surface area contributed by atoms with E-state index in [1.54, 1.807) is 14.1 Å². The number of nitrogens with one attached hydrogen (secondary N) is 2. The van der Waals surface area contributed by atoms with Gasteiger partial charge in [0.05, 0.1) is 6.04 Å². The number of carbonyl (C=O) groups excluding carboxylic acids is 4. The van der Waals surface area contributed by atoms with Crippen LogP contribution in [0, 0.1) is 17.8 Å². The van der Waals surface area contributed by atoms with Crippen molar-refractivity contribution in [3.05, 3.63) is 12.2 Å². The molecule has 0 bridgehead atoms. The number of amides is 3. The molecule has 4 atom stereocenters. The molecule has 0 aromatic carbocycles. The zero-order valence-electron chi connectivity index (χ0n) is 22.7. The van der Waals surface area contributed by atoms with Crippen LogP contribution < -0.4 is 10.6 Å². The Morgan fingerprint density at radius 3 is 2.43 bits per heavy atom. The molecule has 2 N–H and O–H groups in total. The first-order valence-corrected chi connectivity index (χ1v) is 13.6. The largest absolute Gasteiger partial charge is 0.349 e. The Morgan fingerprint density at radius 2 is 1.80 bits per heavy atom. The van der Waals surface area contributed by atoms with Gasteiger partial charge in [-0.3, -0.25) is 14.4 Å². The van der Waals surface area contributed by atoms with Crippen molar-refractivity contribution in [1.82, 2.24) is 15.5 Å². The predicted octanol–water partition coefficient (Wildman–Crippen LogP) is 4.40. The van der Waals surface area contributed by atoms with E-state index in [1.165, 1.54) is 24.2 Å². The monoisotopic (exact) mass is 491 g/mol. The fourth-order valence-corrected chi connectivity index (χ4v) is 4.66. The van der Waals surface area contributed by atoms with E-state index < -0.39 is 18.0 Å². The Hall–Kier alpha value is -2.18. The molecule has 7 nitrogen and oxygen atoms in total. The molecule has 0 spiro atoms. The fraction of sp³-hybridized carbons (Fsp3) is 0.786. The standard InChI is InChI=1S/C28H49N3O4/c1-6-7-8-9-12-15-22-16-13-10-11-14-17-23(28(35)31(4)5)19-24(20-32)29-27(34)25(18-21(2)3)30-26(22)33/h11,14,20-25H,6-10,12-13,15-19H2,1-5H3,(H,29,34)(H,30,33)/b14-11+/t22?,23?,24-,25-/m0/s1. The first-order valence-electron chi connectivity index (χ1n) is 13.6. The van der Waals surface area contributed by atoms with Crippen molar-refractivity contribution in [3.8, 4) is 0 Å². The van der Waals surface area contributed by atoms with Crippen LogP contribution in [-0.4, -0.2) is 55.1 Å². The molecule has 1 aliphatic heterocycles. The van der Waals surface area contributed by atoms with Crippen molar-refractivity contribution in [2.75, 3.05) is 14.1 Å². The molecule has 3 amide bonds.